The second-order valence-electron chi connectivity index (χ2n) is 4.62. The molecule has 15 heavy (non-hydrogen) atoms. The Morgan fingerprint density at radius 3 is 2.93 bits per heavy atom. The molecule has 0 aromatic heterocycles. The molecule has 1 unspecified atom stereocenters. The van der Waals surface area contributed by atoms with Gasteiger partial charge in [0, 0.05) is 26.2 Å². The van der Waals surface area contributed by atoms with Crippen molar-refractivity contribution in [1.82, 2.24) is 15.1 Å². The van der Waals surface area contributed by atoms with E-state index in [-0.39, 0.29) is 5.91 Å². The molecule has 4 heteroatoms. The number of hydrogen-bond donors (Lipinski definition) is 1. The topological polar surface area (TPSA) is 35.6 Å². The van der Waals surface area contributed by atoms with Gasteiger partial charge in [-0.3, -0.25) is 9.69 Å². The smallest absolute Gasteiger partial charge is 0.236 e. The van der Waals surface area contributed by atoms with Crippen LogP contribution in [0.3, 0.4) is 0 Å². The van der Waals surface area contributed by atoms with Crippen molar-refractivity contribution in [3.8, 4) is 0 Å². The van der Waals surface area contributed by atoms with Gasteiger partial charge in [-0.2, -0.15) is 0 Å². The maximum Gasteiger partial charge on any atom is 0.236 e. The molecule has 1 amide bonds. The summed E-state index contributed by atoms with van der Waals surface area (Å²) in [5.41, 5.74) is 0. The fourth-order valence-corrected chi connectivity index (χ4v) is 2.45. The van der Waals surface area contributed by atoms with Crippen molar-refractivity contribution < 1.29 is 4.79 Å². The Bertz CT molecular complexity index is 224. The van der Waals surface area contributed by atoms with Crippen molar-refractivity contribution in [3.05, 3.63) is 0 Å². The molecule has 2 fully saturated rings. The molecular weight excluding hydrogens is 190 g/mol. The molecule has 4 nitrogen and oxygen atoms in total. The van der Waals surface area contributed by atoms with E-state index in [0.29, 0.717) is 12.6 Å². The number of rotatable bonds is 1. The normalized spacial score (nSPS) is 30.3. The molecule has 2 rings (SSSR count). The predicted octanol–water partition coefficient (Wildman–Crippen LogP) is -0.0975. The van der Waals surface area contributed by atoms with Gasteiger partial charge in [0.25, 0.3) is 0 Å². The average Bonchev–Trinajstić information content (AvgIpc) is 2.50. The summed E-state index contributed by atoms with van der Waals surface area (Å²) in [6.07, 6.45) is 3.67. The first-order chi connectivity index (χ1) is 7.27. The Balaban J connectivity index is 1.89. The van der Waals surface area contributed by atoms with Gasteiger partial charge in [-0.1, -0.05) is 0 Å². The Labute approximate surface area is 91.6 Å². The SMILES string of the molecule is CN1CCN(C2CCCNCC2)CC1=O. The zero-order chi connectivity index (χ0) is 10.7. The first kappa shape index (κ1) is 10.9. The number of carbonyl (C=O) groups is 1. The zero-order valence-corrected chi connectivity index (χ0v) is 9.54. The largest absolute Gasteiger partial charge is 0.343 e. The lowest BCUT2D eigenvalue weighted by molar-refractivity contribution is -0.135. The maximum absolute atomic E-state index is 11.6. The number of hydrogen-bond acceptors (Lipinski definition) is 3. The summed E-state index contributed by atoms with van der Waals surface area (Å²) in [6.45, 7) is 4.81. The molecule has 0 spiro atoms. The van der Waals surface area contributed by atoms with E-state index >= 15 is 0 Å². The van der Waals surface area contributed by atoms with E-state index in [2.05, 4.69) is 10.2 Å². The lowest BCUT2D eigenvalue weighted by atomic mass is 10.1. The number of piperazine rings is 1. The van der Waals surface area contributed by atoms with Crippen LogP contribution in [-0.4, -0.2) is 61.5 Å². The average molecular weight is 211 g/mol. The Kier molecular flexibility index (Phi) is 3.59. The summed E-state index contributed by atoms with van der Waals surface area (Å²) in [6, 6.07) is 0.623. The molecule has 1 N–H and O–H groups in total. The second-order valence-corrected chi connectivity index (χ2v) is 4.62. The second kappa shape index (κ2) is 4.94. The Morgan fingerprint density at radius 2 is 2.13 bits per heavy atom. The molecule has 0 aliphatic carbocycles. The predicted molar refractivity (Wildman–Crippen MR) is 59.7 cm³/mol. The monoisotopic (exact) mass is 211 g/mol. The first-order valence-electron chi connectivity index (χ1n) is 5.96. The minimum Gasteiger partial charge on any atom is -0.343 e. The van der Waals surface area contributed by atoms with Gasteiger partial charge >= 0.3 is 0 Å². The number of carbonyl (C=O) groups excluding carboxylic acids is 1. The minimum absolute atomic E-state index is 0.276. The summed E-state index contributed by atoms with van der Waals surface area (Å²) in [7, 11) is 1.90. The maximum atomic E-state index is 11.6. The van der Waals surface area contributed by atoms with Crippen molar-refractivity contribution in [2.24, 2.45) is 0 Å². The quantitative estimate of drug-likeness (QED) is 0.658. The van der Waals surface area contributed by atoms with Gasteiger partial charge in [0.05, 0.1) is 6.54 Å². The van der Waals surface area contributed by atoms with Crippen molar-refractivity contribution in [3.63, 3.8) is 0 Å². The summed E-state index contributed by atoms with van der Waals surface area (Å²) < 4.78 is 0. The Hall–Kier alpha value is -0.610. The highest BCUT2D eigenvalue weighted by Gasteiger charge is 2.27. The van der Waals surface area contributed by atoms with E-state index in [1.807, 2.05) is 11.9 Å². The van der Waals surface area contributed by atoms with Crippen LogP contribution in [0.4, 0.5) is 0 Å². The molecule has 1 atom stereocenters. The highest BCUT2D eigenvalue weighted by Crippen LogP contribution is 2.15. The van der Waals surface area contributed by atoms with E-state index in [1.165, 1.54) is 19.3 Å². The van der Waals surface area contributed by atoms with Gasteiger partial charge in [-0.15, -0.1) is 0 Å². The third-order valence-electron chi connectivity index (χ3n) is 3.55. The molecule has 0 radical (unpaired) electrons. The molecule has 86 valence electrons. The molecule has 2 saturated heterocycles. The first-order valence-corrected chi connectivity index (χ1v) is 5.96. The lowest BCUT2D eigenvalue weighted by Gasteiger charge is -2.37. The van der Waals surface area contributed by atoms with E-state index in [4.69, 9.17) is 0 Å². The third kappa shape index (κ3) is 2.69. The molecule has 2 aliphatic heterocycles. The van der Waals surface area contributed by atoms with Gasteiger partial charge in [0.1, 0.15) is 0 Å². The van der Waals surface area contributed by atoms with Crippen LogP contribution in [0.5, 0.6) is 0 Å². The van der Waals surface area contributed by atoms with E-state index in [0.717, 1.165) is 26.2 Å². The highest BCUT2D eigenvalue weighted by atomic mass is 16.2. The molecule has 2 heterocycles. The lowest BCUT2D eigenvalue weighted by Crippen LogP contribution is -2.52. The van der Waals surface area contributed by atoms with Crippen LogP contribution < -0.4 is 5.32 Å². The van der Waals surface area contributed by atoms with Crippen LogP contribution in [0.2, 0.25) is 0 Å². The van der Waals surface area contributed by atoms with Crippen molar-refractivity contribution in [1.29, 1.82) is 0 Å². The van der Waals surface area contributed by atoms with Gasteiger partial charge in [0.15, 0.2) is 0 Å². The van der Waals surface area contributed by atoms with Gasteiger partial charge in [-0.25, -0.2) is 0 Å². The fraction of sp³-hybridized carbons (Fsp3) is 0.909. The van der Waals surface area contributed by atoms with Gasteiger partial charge < -0.3 is 10.2 Å². The molecule has 2 aliphatic rings. The summed E-state index contributed by atoms with van der Waals surface area (Å²) in [5, 5.41) is 3.41. The van der Waals surface area contributed by atoms with Crippen molar-refractivity contribution >= 4 is 5.91 Å². The number of nitrogens with one attached hydrogen (secondary N) is 1. The van der Waals surface area contributed by atoms with Crippen LogP contribution in [0.1, 0.15) is 19.3 Å². The van der Waals surface area contributed by atoms with Gasteiger partial charge in [-0.05, 0) is 32.4 Å². The summed E-state index contributed by atoms with van der Waals surface area (Å²) in [4.78, 5) is 15.8. The van der Waals surface area contributed by atoms with Crippen LogP contribution in [-0.2, 0) is 4.79 Å². The van der Waals surface area contributed by atoms with Crippen LogP contribution in [0.25, 0.3) is 0 Å². The molecular formula is C11H21N3O. The molecule has 0 bridgehead atoms. The number of likely N-dealkylation sites (N-methyl/N-ethyl adjacent to an activating group) is 1. The standard InChI is InChI=1S/C11H21N3O/c1-13-7-8-14(9-11(13)15)10-3-2-5-12-6-4-10/h10,12H,2-9H2,1H3. The van der Waals surface area contributed by atoms with E-state index in [9.17, 15) is 4.79 Å². The highest BCUT2D eigenvalue weighted by molar-refractivity contribution is 5.78. The fourth-order valence-electron chi connectivity index (χ4n) is 2.45. The van der Waals surface area contributed by atoms with Gasteiger partial charge in [0.2, 0.25) is 5.91 Å². The van der Waals surface area contributed by atoms with Crippen LogP contribution in [0, 0.1) is 0 Å². The van der Waals surface area contributed by atoms with Crippen LogP contribution in [0.15, 0.2) is 0 Å². The molecule has 0 saturated carbocycles. The summed E-state index contributed by atoms with van der Waals surface area (Å²) in [5.74, 6) is 0.276. The number of amides is 1. The van der Waals surface area contributed by atoms with Crippen molar-refractivity contribution in [2.75, 3.05) is 39.8 Å². The van der Waals surface area contributed by atoms with Crippen molar-refractivity contribution in [2.45, 2.75) is 25.3 Å². The van der Waals surface area contributed by atoms with E-state index < -0.39 is 0 Å². The molecule has 0 aromatic rings. The number of nitrogens with zero attached hydrogens (tertiary/aromatic N) is 2. The summed E-state index contributed by atoms with van der Waals surface area (Å²) >= 11 is 0. The Morgan fingerprint density at radius 1 is 1.27 bits per heavy atom. The van der Waals surface area contributed by atoms with Crippen LogP contribution >= 0.6 is 0 Å². The van der Waals surface area contributed by atoms with E-state index in [1.54, 1.807) is 0 Å². The zero-order valence-electron chi connectivity index (χ0n) is 9.54. The minimum atomic E-state index is 0.276. The molecule has 0 aromatic carbocycles. The third-order valence-corrected chi connectivity index (χ3v) is 3.55.